The van der Waals surface area contributed by atoms with Crippen LogP contribution in [0.25, 0.3) is 0 Å². The van der Waals surface area contributed by atoms with E-state index in [1.807, 2.05) is 0 Å². The van der Waals surface area contributed by atoms with E-state index in [2.05, 4.69) is 5.32 Å². The average molecular weight is 372 g/mol. The average Bonchev–Trinajstić information content (AvgIpc) is 2.51. The summed E-state index contributed by atoms with van der Waals surface area (Å²) in [5.41, 5.74) is 5.99. The number of hydrogen-bond acceptors (Lipinski definition) is 4. The van der Waals surface area contributed by atoms with Crippen molar-refractivity contribution in [2.45, 2.75) is 25.9 Å². The van der Waals surface area contributed by atoms with Crippen molar-refractivity contribution in [2.75, 3.05) is 11.1 Å². The molecular formula is C17H15ClF3N2O2-. The van der Waals surface area contributed by atoms with E-state index < -0.39 is 22.7 Å². The van der Waals surface area contributed by atoms with Crippen LogP contribution in [-0.2, 0) is 23.8 Å². The first-order valence-electron chi connectivity index (χ1n) is 7.37. The highest BCUT2D eigenvalue weighted by Gasteiger charge is 2.37. The summed E-state index contributed by atoms with van der Waals surface area (Å²) in [5, 5.41) is 12.9. The van der Waals surface area contributed by atoms with Crippen molar-refractivity contribution in [2.24, 2.45) is 0 Å². The van der Waals surface area contributed by atoms with Crippen molar-refractivity contribution in [3.05, 3.63) is 52.0 Å². The van der Waals surface area contributed by atoms with E-state index in [0.29, 0.717) is 11.3 Å². The van der Waals surface area contributed by atoms with Gasteiger partial charge in [0.1, 0.15) is 0 Å². The fourth-order valence-electron chi connectivity index (χ4n) is 2.43. The maximum atomic E-state index is 13.2. The number of hydrogen-bond donors (Lipinski definition) is 2. The summed E-state index contributed by atoms with van der Waals surface area (Å²) >= 11 is 5.86. The predicted octanol–water partition coefficient (Wildman–Crippen LogP) is 3.54. The lowest BCUT2D eigenvalue weighted by atomic mass is 10.0. The lowest BCUT2D eigenvalue weighted by Crippen LogP contribution is -2.24. The number of aliphatic carboxylic acids is 1. The Hall–Kier alpha value is -2.41. The number of anilines is 3. The maximum absolute atomic E-state index is 13.2. The summed E-state index contributed by atoms with van der Waals surface area (Å²) in [5.74, 6) is -1.20. The second-order valence-corrected chi connectivity index (χ2v) is 5.79. The third-order valence-corrected chi connectivity index (χ3v) is 4.02. The van der Waals surface area contributed by atoms with Gasteiger partial charge in [0.25, 0.3) is 0 Å². The minimum absolute atomic E-state index is 0.0303. The lowest BCUT2D eigenvalue weighted by molar-refractivity contribution is -0.304. The van der Waals surface area contributed by atoms with Gasteiger partial charge in [0, 0.05) is 18.1 Å². The Labute approximate surface area is 147 Å². The summed E-state index contributed by atoms with van der Waals surface area (Å²) < 4.78 is 39.5. The zero-order valence-corrected chi connectivity index (χ0v) is 14.0. The second-order valence-electron chi connectivity index (χ2n) is 5.41. The van der Waals surface area contributed by atoms with Crippen molar-refractivity contribution in [1.29, 1.82) is 0 Å². The predicted molar refractivity (Wildman–Crippen MR) is 88.7 cm³/mol. The first-order chi connectivity index (χ1) is 11.6. The van der Waals surface area contributed by atoms with Crippen molar-refractivity contribution >= 4 is 34.6 Å². The Morgan fingerprint density at radius 1 is 1.28 bits per heavy atom. The number of halogens is 4. The molecule has 134 valence electrons. The number of carboxylic acids is 1. The maximum Gasteiger partial charge on any atom is 0.418 e. The normalized spacial score (nSPS) is 11.4. The number of rotatable bonds is 5. The fraction of sp³-hybridized carbons (Fsp3) is 0.235. The molecule has 0 atom stereocenters. The molecule has 0 heterocycles. The highest BCUT2D eigenvalue weighted by atomic mass is 35.5. The molecule has 0 unspecified atom stereocenters. The van der Waals surface area contributed by atoms with Crippen LogP contribution < -0.4 is 16.2 Å². The Kier molecular flexibility index (Phi) is 5.47. The number of nitrogen functional groups attached to an aromatic ring is 1. The lowest BCUT2D eigenvalue weighted by Gasteiger charge is -2.19. The number of nitrogens with two attached hydrogens (primary N) is 1. The third kappa shape index (κ3) is 4.36. The van der Waals surface area contributed by atoms with Gasteiger partial charge in [0.15, 0.2) is 0 Å². The summed E-state index contributed by atoms with van der Waals surface area (Å²) in [4.78, 5) is 10.6. The summed E-state index contributed by atoms with van der Waals surface area (Å²) in [6, 6.07) is 7.64. The largest absolute Gasteiger partial charge is 0.550 e. The van der Waals surface area contributed by atoms with E-state index >= 15 is 0 Å². The molecule has 2 aromatic rings. The van der Waals surface area contributed by atoms with E-state index in [9.17, 15) is 23.1 Å². The van der Waals surface area contributed by atoms with Gasteiger partial charge in [0.2, 0.25) is 0 Å². The minimum Gasteiger partial charge on any atom is -0.550 e. The smallest absolute Gasteiger partial charge is 0.418 e. The molecule has 2 aromatic carbocycles. The van der Waals surface area contributed by atoms with Crippen molar-refractivity contribution in [3.63, 3.8) is 0 Å². The Morgan fingerprint density at radius 2 is 1.88 bits per heavy atom. The summed E-state index contributed by atoms with van der Waals surface area (Å²) in [6.45, 7) is 1.59. The molecular weight excluding hydrogens is 357 g/mol. The van der Waals surface area contributed by atoms with E-state index in [1.54, 1.807) is 31.2 Å². The number of carboxylic acid groups (broad SMARTS) is 1. The fourth-order valence-corrected chi connectivity index (χ4v) is 2.77. The topological polar surface area (TPSA) is 78.2 Å². The van der Waals surface area contributed by atoms with Crippen molar-refractivity contribution < 1.29 is 23.1 Å². The van der Waals surface area contributed by atoms with Crippen molar-refractivity contribution in [1.82, 2.24) is 0 Å². The Morgan fingerprint density at radius 3 is 2.36 bits per heavy atom. The number of alkyl halides is 3. The van der Waals surface area contributed by atoms with Crippen molar-refractivity contribution in [3.8, 4) is 0 Å². The molecule has 2 rings (SSSR count). The van der Waals surface area contributed by atoms with Crippen LogP contribution in [0, 0.1) is 0 Å². The van der Waals surface area contributed by atoms with Crippen LogP contribution in [0.5, 0.6) is 0 Å². The molecule has 0 aromatic heterocycles. The van der Waals surface area contributed by atoms with Gasteiger partial charge < -0.3 is 21.0 Å². The molecule has 8 heteroatoms. The summed E-state index contributed by atoms with van der Waals surface area (Å²) in [7, 11) is 0. The van der Waals surface area contributed by atoms with Gasteiger partial charge in [-0.3, -0.25) is 0 Å². The van der Waals surface area contributed by atoms with Crippen LogP contribution in [0.1, 0.15) is 23.6 Å². The van der Waals surface area contributed by atoms with Gasteiger partial charge in [-0.2, -0.15) is 13.2 Å². The molecule has 0 aliphatic rings. The van der Waals surface area contributed by atoms with Crippen LogP contribution in [0.4, 0.5) is 30.2 Å². The van der Waals surface area contributed by atoms with Gasteiger partial charge in [-0.1, -0.05) is 30.7 Å². The molecule has 0 fully saturated rings. The zero-order chi connectivity index (χ0) is 18.8. The SMILES string of the molecule is CCc1cc(Nc2ccc(CC(=O)[O-])cc2)c(N)c(Cl)c1C(F)(F)F. The number of benzene rings is 2. The second kappa shape index (κ2) is 7.23. The molecule has 0 radical (unpaired) electrons. The van der Waals surface area contributed by atoms with Crippen LogP contribution in [0.15, 0.2) is 30.3 Å². The van der Waals surface area contributed by atoms with E-state index in [4.69, 9.17) is 17.3 Å². The van der Waals surface area contributed by atoms with Crippen LogP contribution in [-0.4, -0.2) is 5.97 Å². The van der Waals surface area contributed by atoms with Crippen LogP contribution in [0.3, 0.4) is 0 Å². The minimum atomic E-state index is -4.60. The summed E-state index contributed by atoms with van der Waals surface area (Å²) in [6.07, 6.45) is -4.69. The monoisotopic (exact) mass is 371 g/mol. The molecule has 4 nitrogen and oxygen atoms in total. The van der Waals surface area contributed by atoms with E-state index in [1.165, 1.54) is 6.07 Å². The van der Waals surface area contributed by atoms with Crippen LogP contribution >= 0.6 is 11.6 Å². The Balaban J connectivity index is 2.37. The van der Waals surface area contributed by atoms with Gasteiger partial charge in [-0.25, -0.2) is 0 Å². The Bertz CT molecular complexity index is 790. The molecule has 0 saturated heterocycles. The first kappa shape index (κ1) is 18.9. The molecule has 0 aliphatic heterocycles. The van der Waals surface area contributed by atoms with Gasteiger partial charge >= 0.3 is 6.18 Å². The quantitative estimate of drug-likeness (QED) is 0.788. The molecule has 0 aliphatic carbocycles. The van der Waals surface area contributed by atoms with E-state index in [0.717, 1.165) is 0 Å². The molecule has 3 N–H and O–H groups in total. The van der Waals surface area contributed by atoms with Gasteiger partial charge in [-0.15, -0.1) is 0 Å². The zero-order valence-electron chi connectivity index (χ0n) is 13.2. The van der Waals surface area contributed by atoms with E-state index in [-0.39, 0.29) is 29.8 Å². The molecule has 0 spiro atoms. The highest BCUT2D eigenvalue weighted by molar-refractivity contribution is 6.34. The number of carbonyl (C=O) groups is 1. The van der Waals surface area contributed by atoms with Crippen LogP contribution in [0.2, 0.25) is 5.02 Å². The molecule has 0 amide bonds. The van der Waals surface area contributed by atoms with Gasteiger partial charge in [-0.05, 0) is 35.7 Å². The number of aryl methyl sites for hydroxylation is 1. The standard InChI is InChI=1S/C17H16ClF3N2O2/c1-2-10-8-12(16(22)15(18)14(10)17(19,20)21)23-11-5-3-9(4-6-11)7-13(24)25/h3-6,8,23H,2,7,22H2,1H3,(H,24,25)/p-1. The van der Waals surface area contributed by atoms with Gasteiger partial charge in [0.05, 0.1) is 22.0 Å². The highest BCUT2D eigenvalue weighted by Crippen LogP contribution is 2.43. The molecule has 25 heavy (non-hydrogen) atoms. The number of nitrogens with one attached hydrogen (secondary N) is 1. The number of carbonyl (C=O) groups excluding carboxylic acids is 1. The molecule has 0 saturated carbocycles. The first-order valence-corrected chi connectivity index (χ1v) is 7.75. The molecule has 0 bridgehead atoms. The third-order valence-electron chi connectivity index (χ3n) is 3.63.